The largest absolute Gasteiger partial charge is 1.00 e. The zero-order valence-corrected chi connectivity index (χ0v) is 6.52. The summed E-state index contributed by atoms with van der Waals surface area (Å²) in [7, 11) is 0. The maximum absolute atomic E-state index is 10.1. The molecule has 0 saturated carbocycles. The first kappa shape index (κ1) is 9.77. The van der Waals surface area contributed by atoms with Gasteiger partial charge in [0, 0.05) is 0 Å². The second kappa shape index (κ2) is 4.56. The number of hydrogen-bond donors (Lipinski definition) is 1. The van der Waals surface area contributed by atoms with Crippen LogP contribution in [-0.4, -0.2) is 11.1 Å². The van der Waals surface area contributed by atoms with Crippen molar-refractivity contribution in [1.82, 2.24) is 0 Å². The van der Waals surface area contributed by atoms with E-state index in [9.17, 15) is 4.79 Å². The smallest absolute Gasteiger partial charge is 1.00 e. The first-order valence-electron chi connectivity index (χ1n) is 2.52. The predicted molar refractivity (Wildman–Crippen MR) is 36.8 cm³/mol. The minimum Gasteiger partial charge on any atom is -1.00 e. The van der Waals surface area contributed by atoms with Gasteiger partial charge in [0.25, 0.3) is 0 Å². The van der Waals surface area contributed by atoms with Gasteiger partial charge in [-0.15, -0.1) is 0 Å². The van der Waals surface area contributed by atoms with E-state index in [0.717, 1.165) is 5.56 Å². The van der Waals surface area contributed by atoms with E-state index >= 15 is 0 Å². The molecule has 1 heterocycles. The summed E-state index contributed by atoms with van der Waals surface area (Å²) in [4.78, 5) is 10.1. The Kier molecular flexibility index (Phi) is 4.46. The molecule has 1 rings (SSSR count). The fourth-order valence-electron chi connectivity index (χ4n) is 0.568. The van der Waals surface area contributed by atoms with Crippen molar-refractivity contribution in [2.75, 3.05) is 0 Å². The zero-order chi connectivity index (χ0) is 6.69. The Morgan fingerprint density at radius 3 is 2.90 bits per heavy atom. The molecule has 0 fully saturated rings. The summed E-state index contributed by atoms with van der Waals surface area (Å²) in [5.74, 6) is -0.770. The maximum atomic E-state index is 10.1. The normalized spacial score (nSPS) is 8.40. The van der Waals surface area contributed by atoms with E-state index in [4.69, 9.17) is 5.11 Å². The van der Waals surface area contributed by atoms with E-state index in [0.29, 0.717) is 0 Å². The standard InChI is InChI=1S/C6H6O2S.Li.H/c7-6(8)3-5-1-2-9-4-5;;/h1-2,4H,3H2,(H,7,8);;/q;+1;-1. The van der Waals surface area contributed by atoms with E-state index < -0.39 is 5.97 Å². The Bertz CT molecular complexity index is 200. The van der Waals surface area contributed by atoms with Crippen molar-refractivity contribution in [1.29, 1.82) is 0 Å². The average molecular weight is 150 g/mol. The molecule has 1 aromatic rings. The van der Waals surface area contributed by atoms with Crippen molar-refractivity contribution in [2.24, 2.45) is 0 Å². The van der Waals surface area contributed by atoms with Gasteiger partial charge in [-0.1, -0.05) is 0 Å². The van der Waals surface area contributed by atoms with Crippen LogP contribution >= 0.6 is 11.3 Å². The first-order valence-corrected chi connectivity index (χ1v) is 3.46. The van der Waals surface area contributed by atoms with Crippen LogP contribution < -0.4 is 18.9 Å². The molecule has 0 aliphatic heterocycles. The minimum atomic E-state index is -0.770. The Morgan fingerprint density at radius 2 is 2.50 bits per heavy atom. The van der Waals surface area contributed by atoms with E-state index in [1.165, 1.54) is 11.3 Å². The molecule has 10 heavy (non-hydrogen) atoms. The Hall–Kier alpha value is -0.233. The topological polar surface area (TPSA) is 37.3 Å². The summed E-state index contributed by atoms with van der Waals surface area (Å²) in [5.41, 5.74) is 0.882. The van der Waals surface area contributed by atoms with Gasteiger partial charge in [-0.3, -0.25) is 4.79 Å². The zero-order valence-electron chi connectivity index (χ0n) is 6.70. The van der Waals surface area contributed by atoms with Crippen molar-refractivity contribution in [3.05, 3.63) is 22.4 Å². The molecular formula is C6H7LiO2S. The van der Waals surface area contributed by atoms with Crippen LogP contribution in [0.25, 0.3) is 0 Å². The molecule has 0 spiro atoms. The molecule has 0 amide bonds. The summed E-state index contributed by atoms with van der Waals surface area (Å²) in [6.45, 7) is 0. The fourth-order valence-corrected chi connectivity index (χ4v) is 1.24. The summed E-state index contributed by atoms with van der Waals surface area (Å²) in [6.07, 6.45) is 0.142. The molecule has 0 atom stereocenters. The van der Waals surface area contributed by atoms with Gasteiger partial charge in [-0.25, -0.2) is 0 Å². The van der Waals surface area contributed by atoms with E-state index in [2.05, 4.69) is 0 Å². The molecule has 0 aromatic carbocycles. The van der Waals surface area contributed by atoms with Crippen LogP contribution in [0.15, 0.2) is 16.8 Å². The molecule has 0 unspecified atom stereocenters. The van der Waals surface area contributed by atoms with E-state index in [1.54, 1.807) is 0 Å². The van der Waals surface area contributed by atoms with Crippen molar-refractivity contribution >= 4 is 17.3 Å². The quantitative estimate of drug-likeness (QED) is 0.520. The van der Waals surface area contributed by atoms with Crippen molar-refractivity contribution in [3.63, 3.8) is 0 Å². The SMILES string of the molecule is O=C(O)Cc1ccsc1.[H-].[Li+]. The molecule has 1 aromatic heterocycles. The van der Waals surface area contributed by atoms with Gasteiger partial charge in [0.2, 0.25) is 0 Å². The first-order chi connectivity index (χ1) is 4.29. The third-order valence-corrected chi connectivity index (χ3v) is 1.67. The van der Waals surface area contributed by atoms with Gasteiger partial charge < -0.3 is 6.53 Å². The van der Waals surface area contributed by atoms with Gasteiger partial charge in [0.1, 0.15) is 0 Å². The van der Waals surface area contributed by atoms with Crippen LogP contribution in [0.3, 0.4) is 0 Å². The Balaban J connectivity index is 0. The molecule has 0 saturated heterocycles. The van der Waals surface area contributed by atoms with Gasteiger partial charge in [0.15, 0.2) is 0 Å². The summed E-state index contributed by atoms with van der Waals surface area (Å²) < 4.78 is 0. The number of aliphatic carboxylic acids is 1. The molecule has 0 radical (unpaired) electrons. The third-order valence-electron chi connectivity index (χ3n) is 0.935. The van der Waals surface area contributed by atoms with Crippen molar-refractivity contribution in [2.45, 2.75) is 6.42 Å². The van der Waals surface area contributed by atoms with Crippen LogP contribution in [0.4, 0.5) is 0 Å². The minimum absolute atomic E-state index is 0. The van der Waals surface area contributed by atoms with Crippen LogP contribution in [0, 0.1) is 0 Å². The second-order valence-electron chi connectivity index (χ2n) is 1.70. The monoisotopic (exact) mass is 150 g/mol. The fraction of sp³-hybridized carbons (Fsp3) is 0.167. The van der Waals surface area contributed by atoms with E-state index in [1.807, 2.05) is 16.8 Å². The maximum Gasteiger partial charge on any atom is 1.00 e. The molecule has 0 aliphatic carbocycles. The molecular weight excluding hydrogens is 143 g/mol. The van der Waals surface area contributed by atoms with Gasteiger partial charge in [0.05, 0.1) is 6.42 Å². The van der Waals surface area contributed by atoms with Crippen LogP contribution in [-0.2, 0) is 11.2 Å². The summed E-state index contributed by atoms with van der Waals surface area (Å²) >= 11 is 1.52. The van der Waals surface area contributed by atoms with Crippen molar-refractivity contribution < 1.29 is 30.2 Å². The molecule has 0 aliphatic rings. The molecule has 0 bridgehead atoms. The summed E-state index contributed by atoms with van der Waals surface area (Å²) in [6, 6.07) is 1.82. The number of carboxylic acid groups (broad SMARTS) is 1. The number of carboxylic acids is 1. The van der Waals surface area contributed by atoms with Crippen LogP contribution in [0.2, 0.25) is 0 Å². The molecule has 50 valence electrons. The number of thiophene rings is 1. The van der Waals surface area contributed by atoms with Gasteiger partial charge >= 0.3 is 24.8 Å². The number of hydrogen-bond acceptors (Lipinski definition) is 2. The van der Waals surface area contributed by atoms with Gasteiger partial charge in [-0.2, -0.15) is 11.3 Å². The average Bonchev–Trinajstić information content (AvgIpc) is 2.15. The van der Waals surface area contributed by atoms with E-state index in [-0.39, 0.29) is 26.7 Å². The third kappa shape index (κ3) is 3.07. The molecule has 1 N–H and O–H groups in total. The number of rotatable bonds is 2. The number of carbonyl (C=O) groups is 1. The molecule has 2 nitrogen and oxygen atoms in total. The van der Waals surface area contributed by atoms with Crippen LogP contribution in [0.5, 0.6) is 0 Å². The van der Waals surface area contributed by atoms with Gasteiger partial charge in [-0.05, 0) is 22.4 Å². The molecule has 4 heteroatoms. The second-order valence-corrected chi connectivity index (χ2v) is 2.48. The Morgan fingerprint density at radius 1 is 1.80 bits per heavy atom. The van der Waals surface area contributed by atoms with Crippen molar-refractivity contribution in [3.8, 4) is 0 Å². The Labute approximate surface area is 76.5 Å². The predicted octanol–water partition coefficient (Wildman–Crippen LogP) is -1.51. The van der Waals surface area contributed by atoms with Crippen LogP contribution in [0.1, 0.15) is 6.99 Å². The summed E-state index contributed by atoms with van der Waals surface area (Å²) in [5, 5.41) is 12.0.